The van der Waals surface area contributed by atoms with Crippen molar-refractivity contribution in [2.45, 2.75) is 26.3 Å². The molecule has 0 heterocycles. The minimum atomic E-state index is -1.08. The molecule has 2 atom stereocenters. The number of methoxy groups -OCH3 is 1. The second-order valence-electron chi connectivity index (χ2n) is 4.05. The highest BCUT2D eigenvalue weighted by atomic mass is 16.5. The molecule has 0 aromatic carbocycles. The van der Waals surface area contributed by atoms with Crippen LogP contribution in [-0.4, -0.2) is 54.7 Å². The fraction of sp³-hybridized carbons (Fsp3) is 0.727. The third-order valence-corrected chi connectivity index (χ3v) is 2.50. The summed E-state index contributed by atoms with van der Waals surface area (Å²) in [4.78, 5) is 34.9. The number of nitrogens with zero attached hydrogens (tertiary/aromatic N) is 1. The fourth-order valence-corrected chi connectivity index (χ4v) is 1.37. The normalized spacial score (nSPS) is 13.3. The summed E-state index contributed by atoms with van der Waals surface area (Å²) < 4.78 is 4.54. The summed E-state index contributed by atoms with van der Waals surface area (Å²) in [5.74, 6) is -1.96. The number of carboxylic acids is 1. The number of amides is 2. The molecule has 0 aliphatic rings. The zero-order valence-corrected chi connectivity index (χ0v) is 11.1. The van der Waals surface area contributed by atoms with E-state index in [1.165, 1.54) is 19.1 Å². The van der Waals surface area contributed by atoms with E-state index in [0.29, 0.717) is 6.42 Å². The van der Waals surface area contributed by atoms with Crippen LogP contribution in [0, 0.1) is 5.92 Å². The first-order chi connectivity index (χ1) is 8.33. The lowest BCUT2D eigenvalue weighted by molar-refractivity contribution is -0.145. The Balaban J connectivity index is 4.34. The lowest BCUT2D eigenvalue weighted by atomic mass is 10.2. The highest BCUT2D eigenvalue weighted by Gasteiger charge is 2.22. The summed E-state index contributed by atoms with van der Waals surface area (Å²) in [5, 5.41) is 11.2. The first-order valence-corrected chi connectivity index (χ1v) is 5.65. The van der Waals surface area contributed by atoms with Crippen molar-refractivity contribution in [3.8, 4) is 0 Å². The molecule has 104 valence electrons. The predicted molar refractivity (Wildman–Crippen MR) is 64.1 cm³/mol. The van der Waals surface area contributed by atoms with Crippen molar-refractivity contribution in [3.05, 3.63) is 0 Å². The number of carbonyl (C=O) groups excluding carboxylic acids is 2. The molecule has 0 aromatic rings. The Bertz CT molecular complexity index is 319. The summed E-state index contributed by atoms with van der Waals surface area (Å²) in [6, 6.07) is -1.45. The molecule has 7 nitrogen and oxygen atoms in total. The van der Waals surface area contributed by atoms with E-state index in [4.69, 9.17) is 5.11 Å². The molecule has 1 unspecified atom stereocenters. The molecular formula is C11H20N2O5. The number of urea groups is 1. The van der Waals surface area contributed by atoms with Crippen LogP contribution in [0.15, 0.2) is 0 Å². The Morgan fingerprint density at radius 1 is 1.39 bits per heavy atom. The van der Waals surface area contributed by atoms with E-state index in [1.807, 2.05) is 0 Å². The number of rotatable bonds is 6. The van der Waals surface area contributed by atoms with Crippen LogP contribution in [0.1, 0.15) is 20.3 Å². The van der Waals surface area contributed by atoms with Gasteiger partial charge in [-0.05, 0) is 6.42 Å². The molecule has 2 N–H and O–H groups in total. The van der Waals surface area contributed by atoms with Crippen molar-refractivity contribution < 1.29 is 24.2 Å². The molecule has 0 saturated heterocycles. The third kappa shape index (κ3) is 5.03. The van der Waals surface area contributed by atoms with Gasteiger partial charge in [-0.2, -0.15) is 0 Å². The molecule has 0 fully saturated rings. The highest BCUT2D eigenvalue weighted by molar-refractivity contribution is 5.82. The molecule has 0 aromatic heterocycles. The molecule has 0 radical (unpaired) electrons. The van der Waals surface area contributed by atoms with Gasteiger partial charge < -0.3 is 20.1 Å². The molecule has 0 spiro atoms. The van der Waals surface area contributed by atoms with Crippen LogP contribution in [0.25, 0.3) is 0 Å². The maximum Gasteiger partial charge on any atom is 0.326 e. The van der Waals surface area contributed by atoms with E-state index < -0.39 is 29.9 Å². The van der Waals surface area contributed by atoms with Crippen LogP contribution in [0.5, 0.6) is 0 Å². The van der Waals surface area contributed by atoms with Gasteiger partial charge in [0.15, 0.2) is 0 Å². The van der Waals surface area contributed by atoms with Crippen molar-refractivity contribution in [2.75, 3.05) is 20.7 Å². The maximum absolute atomic E-state index is 11.7. The van der Waals surface area contributed by atoms with Crippen molar-refractivity contribution in [3.63, 3.8) is 0 Å². The van der Waals surface area contributed by atoms with Gasteiger partial charge in [-0.15, -0.1) is 0 Å². The van der Waals surface area contributed by atoms with Crippen LogP contribution in [-0.2, 0) is 14.3 Å². The topological polar surface area (TPSA) is 95.9 Å². The van der Waals surface area contributed by atoms with Gasteiger partial charge in [0, 0.05) is 13.6 Å². The number of hydrogen-bond donors (Lipinski definition) is 2. The van der Waals surface area contributed by atoms with Gasteiger partial charge in [-0.25, -0.2) is 9.59 Å². The lowest BCUT2D eigenvalue weighted by Gasteiger charge is -2.22. The smallest absolute Gasteiger partial charge is 0.326 e. The van der Waals surface area contributed by atoms with Crippen molar-refractivity contribution >= 4 is 18.0 Å². The number of hydrogen-bond acceptors (Lipinski definition) is 4. The van der Waals surface area contributed by atoms with Crippen LogP contribution >= 0.6 is 0 Å². The van der Waals surface area contributed by atoms with E-state index in [2.05, 4.69) is 10.1 Å². The van der Waals surface area contributed by atoms with Crippen molar-refractivity contribution in [1.29, 1.82) is 0 Å². The summed E-state index contributed by atoms with van der Waals surface area (Å²) in [6.45, 7) is 3.45. The van der Waals surface area contributed by atoms with Crippen LogP contribution in [0.2, 0.25) is 0 Å². The zero-order chi connectivity index (χ0) is 14.3. The van der Waals surface area contributed by atoms with Gasteiger partial charge in [0.05, 0.1) is 13.0 Å². The second-order valence-corrected chi connectivity index (χ2v) is 4.05. The molecule has 2 amide bonds. The van der Waals surface area contributed by atoms with Crippen molar-refractivity contribution in [2.24, 2.45) is 5.92 Å². The Morgan fingerprint density at radius 3 is 2.33 bits per heavy atom. The largest absolute Gasteiger partial charge is 0.480 e. The van der Waals surface area contributed by atoms with E-state index in [0.717, 1.165) is 0 Å². The number of carbonyl (C=O) groups is 3. The Kier molecular flexibility index (Phi) is 6.77. The standard InChI is InChI=1S/C11H20N2O5/c1-5-8(9(14)15)12-11(17)13(3)6-7(2)10(16)18-4/h7-8H,5-6H2,1-4H3,(H,12,17)(H,14,15)/t7?,8-/m1/s1. The predicted octanol–water partition coefficient (Wildman–Crippen LogP) is 0.300. The summed E-state index contributed by atoms with van der Waals surface area (Å²) in [6.07, 6.45) is 0.293. The lowest BCUT2D eigenvalue weighted by Crippen LogP contribution is -2.47. The quantitative estimate of drug-likeness (QED) is 0.670. The van der Waals surface area contributed by atoms with Crippen LogP contribution < -0.4 is 5.32 Å². The molecule has 0 rings (SSSR count). The van der Waals surface area contributed by atoms with Gasteiger partial charge in [0.25, 0.3) is 0 Å². The van der Waals surface area contributed by atoms with Gasteiger partial charge in [0.1, 0.15) is 6.04 Å². The number of carboxylic acid groups (broad SMARTS) is 1. The first kappa shape index (κ1) is 16.2. The summed E-state index contributed by atoms with van der Waals surface area (Å²) in [7, 11) is 2.76. The van der Waals surface area contributed by atoms with Gasteiger partial charge in [0.2, 0.25) is 0 Å². The van der Waals surface area contributed by atoms with Crippen LogP contribution in [0.3, 0.4) is 0 Å². The Hall–Kier alpha value is -1.79. The minimum absolute atomic E-state index is 0.161. The number of ether oxygens (including phenoxy) is 1. The molecule has 18 heavy (non-hydrogen) atoms. The number of esters is 1. The first-order valence-electron chi connectivity index (χ1n) is 5.65. The average molecular weight is 260 g/mol. The summed E-state index contributed by atoms with van der Waals surface area (Å²) in [5.41, 5.74) is 0. The second kappa shape index (κ2) is 7.52. The molecule has 0 aliphatic carbocycles. The molecule has 7 heteroatoms. The zero-order valence-electron chi connectivity index (χ0n) is 11.1. The molecule has 0 bridgehead atoms. The average Bonchev–Trinajstić information content (AvgIpc) is 2.33. The van der Waals surface area contributed by atoms with Gasteiger partial charge in [-0.3, -0.25) is 4.79 Å². The van der Waals surface area contributed by atoms with Crippen molar-refractivity contribution in [1.82, 2.24) is 10.2 Å². The molecule has 0 aliphatic heterocycles. The van der Waals surface area contributed by atoms with E-state index in [-0.39, 0.29) is 6.54 Å². The van der Waals surface area contributed by atoms with E-state index in [9.17, 15) is 14.4 Å². The maximum atomic E-state index is 11.7. The SMILES string of the molecule is CC[C@@H](NC(=O)N(C)CC(C)C(=O)OC)C(=O)O. The van der Waals surface area contributed by atoms with Crippen LogP contribution in [0.4, 0.5) is 4.79 Å². The van der Waals surface area contributed by atoms with Gasteiger partial charge >= 0.3 is 18.0 Å². The molecule has 0 saturated carbocycles. The van der Waals surface area contributed by atoms with E-state index in [1.54, 1.807) is 13.8 Å². The monoisotopic (exact) mass is 260 g/mol. The highest BCUT2D eigenvalue weighted by Crippen LogP contribution is 2.02. The fourth-order valence-electron chi connectivity index (χ4n) is 1.37. The number of aliphatic carboxylic acids is 1. The minimum Gasteiger partial charge on any atom is -0.480 e. The Morgan fingerprint density at radius 2 is 1.94 bits per heavy atom. The van der Waals surface area contributed by atoms with Gasteiger partial charge in [-0.1, -0.05) is 13.8 Å². The third-order valence-electron chi connectivity index (χ3n) is 2.50. The molecular weight excluding hydrogens is 240 g/mol. The summed E-state index contributed by atoms with van der Waals surface area (Å²) >= 11 is 0. The Labute approximate surface area is 106 Å². The number of nitrogens with one attached hydrogen (secondary N) is 1. The van der Waals surface area contributed by atoms with E-state index >= 15 is 0 Å².